The molecule has 0 radical (unpaired) electrons. The molecule has 4 nitrogen and oxygen atoms in total. The SMILES string of the molecule is CC(C)(C)OC(=O)n1ccc2c(-c3cccc(-c4cccc(C(=O)c5ccccc5)c4)c3)c3c(c-2c1)C(C)(C)C1=c2ccccc2=CC1=C3. The predicted molar refractivity (Wildman–Crippen MR) is 198 cm³/mol. The molecule has 4 aromatic rings. The van der Waals surface area contributed by atoms with E-state index < -0.39 is 11.7 Å². The van der Waals surface area contributed by atoms with Gasteiger partial charge in [-0.1, -0.05) is 105 Å². The van der Waals surface area contributed by atoms with E-state index in [9.17, 15) is 9.59 Å². The van der Waals surface area contributed by atoms with Gasteiger partial charge in [-0.05, 0) is 112 Å². The summed E-state index contributed by atoms with van der Waals surface area (Å²) in [6, 6.07) is 36.4. The molecule has 0 unspecified atom stereocenters. The first kappa shape index (κ1) is 30.6. The Morgan fingerprint density at radius 1 is 0.694 bits per heavy atom. The number of benzene rings is 4. The van der Waals surface area contributed by atoms with Gasteiger partial charge in [0.15, 0.2) is 5.78 Å². The number of hydrogen-bond acceptors (Lipinski definition) is 3. The molecule has 0 fully saturated rings. The zero-order valence-electron chi connectivity index (χ0n) is 28.4. The Balaban J connectivity index is 1.32. The molecule has 0 saturated heterocycles. The summed E-state index contributed by atoms with van der Waals surface area (Å²) in [5, 5.41) is 2.48. The summed E-state index contributed by atoms with van der Waals surface area (Å²) in [6.45, 7) is 10.2. The normalized spacial score (nSPS) is 14.4. The molecule has 0 saturated carbocycles. The smallest absolute Gasteiger partial charge is 0.418 e. The summed E-state index contributed by atoms with van der Waals surface area (Å²) >= 11 is 0. The van der Waals surface area contributed by atoms with E-state index in [0.717, 1.165) is 38.9 Å². The van der Waals surface area contributed by atoms with Crippen molar-refractivity contribution in [3.8, 4) is 33.4 Å². The van der Waals surface area contributed by atoms with E-state index in [1.165, 1.54) is 27.1 Å². The molecule has 0 atom stereocenters. The van der Waals surface area contributed by atoms with Gasteiger partial charge in [0.05, 0.1) is 0 Å². The molecule has 8 rings (SSSR count). The van der Waals surface area contributed by atoms with E-state index in [1.54, 1.807) is 4.57 Å². The van der Waals surface area contributed by atoms with Crippen LogP contribution < -0.4 is 10.4 Å². The van der Waals surface area contributed by atoms with Crippen LogP contribution in [0.2, 0.25) is 0 Å². The van der Waals surface area contributed by atoms with Crippen LogP contribution in [0, 0.1) is 0 Å². The summed E-state index contributed by atoms with van der Waals surface area (Å²) in [5.41, 5.74) is 11.5. The van der Waals surface area contributed by atoms with Gasteiger partial charge in [-0.15, -0.1) is 0 Å². The molecule has 49 heavy (non-hydrogen) atoms. The third-order valence-electron chi connectivity index (χ3n) is 9.67. The summed E-state index contributed by atoms with van der Waals surface area (Å²) in [5.74, 6) is 0.00251. The van der Waals surface area contributed by atoms with E-state index >= 15 is 0 Å². The minimum absolute atomic E-state index is 0.00251. The van der Waals surface area contributed by atoms with E-state index in [4.69, 9.17) is 4.74 Å². The van der Waals surface area contributed by atoms with Crippen molar-refractivity contribution in [1.29, 1.82) is 0 Å². The van der Waals surface area contributed by atoms with Crippen molar-refractivity contribution in [3.63, 3.8) is 0 Å². The third-order valence-corrected chi connectivity index (χ3v) is 9.67. The van der Waals surface area contributed by atoms with Crippen LogP contribution in [-0.2, 0) is 10.2 Å². The van der Waals surface area contributed by atoms with Gasteiger partial charge in [-0.3, -0.25) is 9.36 Å². The number of carbonyl (C=O) groups excluding carboxylic acids is 2. The quantitative estimate of drug-likeness (QED) is 0.181. The van der Waals surface area contributed by atoms with Gasteiger partial charge in [0.1, 0.15) is 5.60 Å². The van der Waals surface area contributed by atoms with Crippen molar-refractivity contribution in [2.75, 3.05) is 0 Å². The largest absolute Gasteiger partial charge is 0.443 e. The monoisotopic (exact) mass is 639 g/mol. The maximum atomic E-state index is 13.3. The van der Waals surface area contributed by atoms with Gasteiger partial charge in [-0.2, -0.15) is 0 Å². The Morgan fingerprint density at radius 2 is 1.37 bits per heavy atom. The lowest BCUT2D eigenvalue weighted by molar-refractivity contribution is 0.0535. The Morgan fingerprint density at radius 3 is 2.14 bits per heavy atom. The second-order valence-corrected chi connectivity index (χ2v) is 14.5. The van der Waals surface area contributed by atoms with Crippen LogP contribution in [-0.4, -0.2) is 22.0 Å². The van der Waals surface area contributed by atoms with E-state index in [-0.39, 0.29) is 11.2 Å². The number of ether oxygens (including phenoxy) is 1. The maximum absolute atomic E-state index is 13.3. The van der Waals surface area contributed by atoms with Gasteiger partial charge in [0.25, 0.3) is 0 Å². The van der Waals surface area contributed by atoms with Crippen LogP contribution in [0.1, 0.15) is 61.7 Å². The van der Waals surface area contributed by atoms with Gasteiger partial charge < -0.3 is 4.74 Å². The number of fused-ring (bicyclic) bond motifs is 5. The number of rotatable bonds is 4. The molecule has 1 aliphatic heterocycles. The maximum Gasteiger partial charge on any atom is 0.418 e. The number of carbonyl (C=O) groups is 2. The average molecular weight is 640 g/mol. The number of nitrogens with zero attached hydrogens (tertiary/aromatic N) is 1. The lowest BCUT2D eigenvalue weighted by atomic mass is 9.69. The minimum Gasteiger partial charge on any atom is -0.443 e. The number of allylic oxidation sites excluding steroid dienone is 1. The van der Waals surface area contributed by atoms with Gasteiger partial charge in [-0.25, -0.2) is 4.79 Å². The van der Waals surface area contributed by atoms with Crippen LogP contribution in [0.25, 0.3) is 51.1 Å². The van der Waals surface area contributed by atoms with Crippen LogP contribution in [0.3, 0.4) is 0 Å². The third kappa shape index (κ3) is 5.16. The van der Waals surface area contributed by atoms with Crippen LogP contribution in [0.5, 0.6) is 0 Å². The molecule has 0 amide bonds. The van der Waals surface area contributed by atoms with Crippen molar-refractivity contribution >= 4 is 29.6 Å². The lowest BCUT2D eigenvalue weighted by Gasteiger charge is -2.34. The molecule has 0 bridgehead atoms. The highest BCUT2D eigenvalue weighted by atomic mass is 16.6. The Hall–Kier alpha value is -5.74. The second kappa shape index (κ2) is 11.2. The standard InChI is InChI=1S/C45H37NO3/c1-44(2,3)49-43(48)46-22-21-36-38(27-46)41-37(26-34-25-31-15-9-10-20-35(31)40(34)45(41,4)5)39(36)32-18-11-16-29(23-32)30-17-12-19-33(24-30)42(47)28-13-7-6-8-14-28/h6-27H,1-5H3. The van der Waals surface area contributed by atoms with Crippen LogP contribution in [0.4, 0.5) is 4.79 Å². The van der Waals surface area contributed by atoms with E-state index in [2.05, 4.69) is 80.6 Å². The van der Waals surface area contributed by atoms with Gasteiger partial charge >= 0.3 is 6.09 Å². The Labute approximate surface area is 286 Å². The molecule has 4 aliphatic rings. The fourth-order valence-electron chi connectivity index (χ4n) is 7.67. The molecule has 0 aromatic heterocycles. The first-order valence-electron chi connectivity index (χ1n) is 16.8. The molecule has 4 heteroatoms. The molecule has 3 aliphatic carbocycles. The summed E-state index contributed by atoms with van der Waals surface area (Å²) in [6.07, 6.45) is 7.97. The fraction of sp³-hybridized carbons (Fsp3) is 0.156. The molecule has 4 aromatic carbocycles. The summed E-state index contributed by atoms with van der Waals surface area (Å²) in [4.78, 5) is 26.6. The summed E-state index contributed by atoms with van der Waals surface area (Å²) in [7, 11) is 0. The fourth-order valence-corrected chi connectivity index (χ4v) is 7.67. The van der Waals surface area contributed by atoms with Crippen LogP contribution in [0.15, 0.2) is 127 Å². The number of pyridine rings is 1. The van der Waals surface area contributed by atoms with Crippen molar-refractivity contribution < 1.29 is 14.3 Å². The second-order valence-electron chi connectivity index (χ2n) is 14.5. The zero-order valence-corrected chi connectivity index (χ0v) is 28.4. The van der Waals surface area contributed by atoms with Crippen molar-refractivity contribution in [3.05, 3.63) is 160 Å². The molecule has 240 valence electrons. The van der Waals surface area contributed by atoms with Crippen molar-refractivity contribution in [2.45, 2.75) is 45.6 Å². The number of aromatic nitrogens is 1. The van der Waals surface area contributed by atoms with Gasteiger partial charge in [0, 0.05) is 34.5 Å². The zero-order chi connectivity index (χ0) is 34.1. The lowest BCUT2D eigenvalue weighted by Crippen LogP contribution is -2.31. The molecule has 0 N–H and O–H groups in total. The van der Waals surface area contributed by atoms with Crippen molar-refractivity contribution in [1.82, 2.24) is 4.57 Å². The number of hydrogen-bond donors (Lipinski definition) is 0. The molecule has 0 spiro atoms. The Kier molecular flexibility index (Phi) is 6.97. The molecule has 1 heterocycles. The highest BCUT2D eigenvalue weighted by Gasteiger charge is 2.41. The highest BCUT2D eigenvalue weighted by molar-refractivity contribution is 6.10. The van der Waals surface area contributed by atoms with Crippen molar-refractivity contribution in [2.24, 2.45) is 0 Å². The molecular weight excluding hydrogens is 602 g/mol. The molecular formula is C45H37NO3. The summed E-state index contributed by atoms with van der Waals surface area (Å²) < 4.78 is 7.34. The number of ketones is 1. The Bertz CT molecular complexity index is 2450. The minimum atomic E-state index is -0.616. The average Bonchev–Trinajstić information content (AvgIpc) is 3.64. The van der Waals surface area contributed by atoms with E-state index in [1.807, 2.05) is 87.8 Å². The first-order chi connectivity index (χ1) is 23.5. The highest BCUT2D eigenvalue weighted by Crippen LogP contribution is 2.55. The predicted octanol–water partition coefficient (Wildman–Crippen LogP) is 9.26. The first-order valence-corrected chi connectivity index (χ1v) is 16.8. The topological polar surface area (TPSA) is 48.3 Å². The van der Waals surface area contributed by atoms with E-state index in [0.29, 0.717) is 11.1 Å². The van der Waals surface area contributed by atoms with Gasteiger partial charge in [0.2, 0.25) is 0 Å². The van der Waals surface area contributed by atoms with Crippen LogP contribution >= 0.6 is 0 Å².